The summed E-state index contributed by atoms with van der Waals surface area (Å²) >= 11 is 0. The van der Waals surface area contributed by atoms with Crippen molar-refractivity contribution in [3.63, 3.8) is 0 Å². The van der Waals surface area contributed by atoms with Crippen molar-refractivity contribution in [3.8, 4) is 11.5 Å². The summed E-state index contributed by atoms with van der Waals surface area (Å²) in [6.45, 7) is 0.455. The first kappa shape index (κ1) is 19.5. The maximum atomic E-state index is 12.1. The summed E-state index contributed by atoms with van der Waals surface area (Å²) < 4.78 is 17.2. The van der Waals surface area contributed by atoms with Gasteiger partial charge in [-0.05, 0) is 19.1 Å². The molecule has 0 bridgehead atoms. The van der Waals surface area contributed by atoms with Gasteiger partial charge in [-0.15, -0.1) is 0 Å². The molecule has 12 nitrogen and oxygen atoms in total. The van der Waals surface area contributed by atoms with Gasteiger partial charge in [-0.2, -0.15) is 0 Å². The molecular formula is C13H16N3O9P. The van der Waals surface area contributed by atoms with E-state index in [9.17, 15) is 34.1 Å². The lowest BCUT2D eigenvalue weighted by atomic mass is 10.0. The molecule has 1 heterocycles. The van der Waals surface area contributed by atoms with Crippen LogP contribution in [0.4, 0.5) is 10.5 Å². The minimum atomic E-state index is -4.67. The van der Waals surface area contributed by atoms with Crippen molar-refractivity contribution in [2.75, 3.05) is 11.9 Å². The van der Waals surface area contributed by atoms with E-state index < -0.39 is 55.8 Å². The van der Waals surface area contributed by atoms with E-state index in [0.717, 1.165) is 12.1 Å². The predicted molar refractivity (Wildman–Crippen MR) is 85.4 cm³/mol. The highest BCUT2D eigenvalue weighted by Crippen LogP contribution is 2.52. The zero-order valence-corrected chi connectivity index (χ0v) is 14.2. The van der Waals surface area contributed by atoms with Crippen molar-refractivity contribution < 1.29 is 43.7 Å². The number of aromatic hydroxyl groups is 2. The van der Waals surface area contributed by atoms with E-state index in [1.54, 1.807) is 0 Å². The van der Waals surface area contributed by atoms with E-state index in [2.05, 4.69) is 9.84 Å². The van der Waals surface area contributed by atoms with Gasteiger partial charge in [0.05, 0.1) is 6.04 Å². The van der Waals surface area contributed by atoms with Crippen LogP contribution in [0.3, 0.4) is 0 Å². The van der Waals surface area contributed by atoms with E-state index >= 15 is 0 Å². The molecule has 3 atom stereocenters. The van der Waals surface area contributed by atoms with Crippen molar-refractivity contribution in [1.29, 1.82) is 0 Å². The Morgan fingerprint density at radius 3 is 2.50 bits per heavy atom. The lowest BCUT2D eigenvalue weighted by Gasteiger charge is -2.45. The van der Waals surface area contributed by atoms with E-state index in [1.807, 2.05) is 5.32 Å². The molecule has 142 valence electrons. The minimum Gasteiger partial charge on any atom is -0.504 e. The molecule has 0 spiro atoms. The molecule has 1 aromatic carbocycles. The number of β-lactam (4-membered cyclic amide) rings is 1. The SMILES string of the molecule is C[C@H]1C(NC(=O)O)C(=O)N1P(=O)(O)OCC(=O)Nc1ccc(O)c(O)c1. The maximum Gasteiger partial charge on any atom is 0.435 e. The van der Waals surface area contributed by atoms with Crippen molar-refractivity contribution >= 4 is 31.3 Å². The second-order valence-electron chi connectivity index (χ2n) is 5.37. The highest BCUT2D eigenvalue weighted by Gasteiger charge is 2.54. The highest BCUT2D eigenvalue weighted by molar-refractivity contribution is 7.51. The second-order valence-corrected chi connectivity index (χ2v) is 7.04. The van der Waals surface area contributed by atoms with Gasteiger partial charge in [0.15, 0.2) is 11.5 Å². The molecule has 1 aliphatic rings. The normalized spacial score (nSPS) is 21.5. The average Bonchev–Trinajstić information content (AvgIpc) is 2.54. The van der Waals surface area contributed by atoms with Crippen LogP contribution in [-0.2, 0) is 18.7 Å². The highest BCUT2D eigenvalue weighted by atomic mass is 31.2. The number of rotatable bonds is 6. The maximum absolute atomic E-state index is 12.1. The van der Waals surface area contributed by atoms with Crippen LogP contribution in [-0.4, -0.2) is 61.5 Å². The van der Waals surface area contributed by atoms with Crippen LogP contribution >= 0.6 is 7.75 Å². The number of phenols is 2. The standard InChI is InChI=1S/C13H16N3O9P/c1-6-11(15-13(21)22)12(20)16(6)26(23,24)25-5-10(19)14-7-2-3-8(17)9(18)4-7/h2-4,6,11,15,17-18H,5H2,1H3,(H,14,19)(H,21,22)(H,23,24)/t6-,11?/m0/s1. The molecule has 1 fully saturated rings. The Bertz CT molecular complexity index is 799. The number of carboxylic acid groups (broad SMARTS) is 1. The van der Waals surface area contributed by atoms with E-state index in [1.165, 1.54) is 13.0 Å². The molecule has 0 aliphatic carbocycles. The minimum absolute atomic E-state index is 0.0980. The van der Waals surface area contributed by atoms with Gasteiger partial charge in [-0.1, -0.05) is 0 Å². The largest absolute Gasteiger partial charge is 0.504 e. The van der Waals surface area contributed by atoms with Gasteiger partial charge in [0.1, 0.15) is 12.6 Å². The van der Waals surface area contributed by atoms with Crippen LogP contribution < -0.4 is 10.6 Å². The Kier molecular flexibility index (Phi) is 5.40. The number of nitrogens with one attached hydrogen (secondary N) is 2. The molecule has 6 N–H and O–H groups in total. The Hall–Kier alpha value is -2.82. The molecule has 26 heavy (non-hydrogen) atoms. The zero-order chi connectivity index (χ0) is 19.6. The van der Waals surface area contributed by atoms with E-state index in [0.29, 0.717) is 4.67 Å². The number of benzene rings is 1. The number of hydrogen-bond donors (Lipinski definition) is 6. The first-order valence-electron chi connectivity index (χ1n) is 7.15. The van der Waals surface area contributed by atoms with Crippen molar-refractivity contribution in [1.82, 2.24) is 9.99 Å². The number of hydrogen-bond acceptors (Lipinski definition) is 7. The van der Waals surface area contributed by atoms with Crippen LogP contribution in [0.15, 0.2) is 18.2 Å². The van der Waals surface area contributed by atoms with Gasteiger partial charge in [-0.25, -0.2) is 14.0 Å². The molecule has 13 heteroatoms. The van der Waals surface area contributed by atoms with Crippen LogP contribution in [0, 0.1) is 0 Å². The first-order valence-corrected chi connectivity index (χ1v) is 8.68. The number of nitrogens with zero attached hydrogens (tertiary/aromatic N) is 1. The average molecular weight is 389 g/mol. The molecule has 3 amide bonds. The fourth-order valence-electron chi connectivity index (χ4n) is 2.28. The van der Waals surface area contributed by atoms with Crippen molar-refractivity contribution in [2.45, 2.75) is 19.0 Å². The molecular weight excluding hydrogens is 373 g/mol. The monoisotopic (exact) mass is 389 g/mol. The number of carbonyl (C=O) groups excluding carboxylic acids is 2. The Balaban J connectivity index is 1.92. The Labute approximate surface area is 146 Å². The summed E-state index contributed by atoms with van der Waals surface area (Å²) in [6.07, 6.45) is -1.46. The smallest absolute Gasteiger partial charge is 0.435 e. The van der Waals surface area contributed by atoms with Gasteiger partial charge in [0, 0.05) is 11.8 Å². The molecule has 0 radical (unpaired) electrons. The predicted octanol–water partition coefficient (Wildman–Crippen LogP) is 0.0202. The van der Waals surface area contributed by atoms with Gasteiger partial charge in [0.25, 0.3) is 11.8 Å². The lowest BCUT2D eigenvalue weighted by Crippen LogP contribution is -2.68. The van der Waals surface area contributed by atoms with Crippen LogP contribution in [0.1, 0.15) is 6.92 Å². The van der Waals surface area contributed by atoms with Crippen LogP contribution in [0.25, 0.3) is 0 Å². The lowest BCUT2D eigenvalue weighted by molar-refractivity contribution is -0.143. The molecule has 1 aliphatic heterocycles. The van der Waals surface area contributed by atoms with Gasteiger partial charge < -0.3 is 30.8 Å². The summed E-state index contributed by atoms with van der Waals surface area (Å²) in [6, 6.07) is 1.33. The summed E-state index contributed by atoms with van der Waals surface area (Å²) in [5, 5.41) is 31.2. The quantitative estimate of drug-likeness (QED) is 0.169. The molecule has 2 rings (SSSR count). The second kappa shape index (κ2) is 7.20. The third kappa shape index (κ3) is 4.04. The molecule has 1 saturated heterocycles. The Morgan fingerprint density at radius 2 is 1.96 bits per heavy atom. The number of phenolic OH excluding ortho intramolecular Hbond substituents is 2. The third-order valence-electron chi connectivity index (χ3n) is 3.53. The van der Waals surface area contributed by atoms with Crippen LogP contribution in [0.5, 0.6) is 11.5 Å². The number of anilines is 1. The van der Waals surface area contributed by atoms with Gasteiger partial charge >= 0.3 is 13.8 Å². The zero-order valence-electron chi connectivity index (χ0n) is 13.3. The van der Waals surface area contributed by atoms with Gasteiger partial charge in [-0.3, -0.25) is 14.1 Å². The van der Waals surface area contributed by atoms with Gasteiger partial charge in [0.2, 0.25) is 0 Å². The topological polar surface area (TPSA) is 186 Å². The molecule has 0 saturated carbocycles. The van der Waals surface area contributed by atoms with E-state index in [4.69, 9.17) is 5.11 Å². The van der Waals surface area contributed by atoms with Crippen molar-refractivity contribution in [3.05, 3.63) is 18.2 Å². The fraction of sp³-hybridized carbons (Fsp3) is 0.308. The summed E-state index contributed by atoms with van der Waals surface area (Å²) in [5.74, 6) is -2.68. The van der Waals surface area contributed by atoms with Crippen LogP contribution in [0.2, 0.25) is 0 Å². The molecule has 1 aromatic rings. The number of amides is 3. The molecule has 2 unspecified atom stereocenters. The third-order valence-corrected chi connectivity index (χ3v) is 5.11. The summed E-state index contributed by atoms with van der Waals surface area (Å²) in [4.78, 5) is 43.9. The fourth-order valence-corrected chi connectivity index (χ4v) is 3.66. The summed E-state index contributed by atoms with van der Waals surface area (Å²) in [7, 11) is -4.67. The van der Waals surface area contributed by atoms with Crippen molar-refractivity contribution in [2.24, 2.45) is 0 Å². The van der Waals surface area contributed by atoms with E-state index in [-0.39, 0.29) is 5.69 Å². The Morgan fingerprint density at radius 1 is 1.31 bits per heavy atom. The summed E-state index contributed by atoms with van der Waals surface area (Å²) in [5.41, 5.74) is 0.0980. The molecule has 0 aromatic heterocycles. The first-order chi connectivity index (χ1) is 12.0. The number of carbonyl (C=O) groups is 3.